The fraction of sp³-hybridized carbons (Fsp3) is 0.360. The molecule has 3 N–H and O–H groups in total. The van der Waals surface area contributed by atoms with Crippen molar-refractivity contribution < 1.29 is 9.53 Å². The Morgan fingerprint density at radius 3 is 2.68 bits per heavy atom. The van der Waals surface area contributed by atoms with Crippen molar-refractivity contribution in [2.75, 3.05) is 18.1 Å². The van der Waals surface area contributed by atoms with Crippen LogP contribution in [0, 0.1) is 23.7 Å². The Morgan fingerprint density at radius 2 is 1.94 bits per heavy atom. The predicted octanol–water partition coefficient (Wildman–Crippen LogP) is 3.61. The van der Waals surface area contributed by atoms with E-state index in [1.807, 2.05) is 26.0 Å². The third-order valence-electron chi connectivity index (χ3n) is 6.83. The summed E-state index contributed by atoms with van der Waals surface area (Å²) >= 11 is 6.15. The standard InChI is InChI=1S/C25H26ClN5O3/c1-13-9-21-19(29-24(32)23(28)31(21)22(27)15-5-7-34-8-6-15)12-18(13)25(33)30-14(2)10-16-11-17(26)3-4-20(16)30/h3-4,9,11-12,14-15,27-28H,5-8,10H2,1-2H3,(H,29,32). The molecule has 34 heavy (non-hydrogen) atoms. The molecule has 2 aliphatic heterocycles. The highest BCUT2D eigenvalue weighted by atomic mass is 35.5. The number of aromatic nitrogens is 2. The molecule has 0 saturated carbocycles. The number of aryl methyl sites for hydroxylation is 1. The van der Waals surface area contributed by atoms with E-state index in [0.29, 0.717) is 53.2 Å². The first kappa shape index (κ1) is 22.6. The van der Waals surface area contributed by atoms with Crippen LogP contribution in [0.2, 0.25) is 5.02 Å². The molecule has 1 aromatic heterocycles. The van der Waals surface area contributed by atoms with E-state index in [0.717, 1.165) is 17.7 Å². The van der Waals surface area contributed by atoms with Crippen molar-refractivity contribution in [3.63, 3.8) is 0 Å². The van der Waals surface area contributed by atoms with Crippen molar-refractivity contribution in [3.8, 4) is 0 Å². The number of aromatic amines is 1. The summed E-state index contributed by atoms with van der Waals surface area (Å²) in [6.45, 7) is 4.95. The number of H-pyrrole nitrogens is 1. The van der Waals surface area contributed by atoms with Crippen molar-refractivity contribution in [2.24, 2.45) is 5.92 Å². The zero-order chi connectivity index (χ0) is 24.1. The maximum Gasteiger partial charge on any atom is 0.291 e. The molecule has 1 saturated heterocycles. The number of hydrogen-bond acceptors (Lipinski definition) is 5. The van der Waals surface area contributed by atoms with E-state index in [2.05, 4.69) is 4.98 Å². The van der Waals surface area contributed by atoms with Gasteiger partial charge in [-0.3, -0.25) is 25.0 Å². The second-order valence-electron chi connectivity index (χ2n) is 9.10. The van der Waals surface area contributed by atoms with Gasteiger partial charge in [-0.2, -0.15) is 0 Å². The van der Waals surface area contributed by atoms with Crippen LogP contribution in [0.25, 0.3) is 11.0 Å². The number of benzene rings is 2. The van der Waals surface area contributed by atoms with Crippen LogP contribution in [0.4, 0.5) is 5.69 Å². The zero-order valence-corrected chi connectivity index (χ0v) is 19.8. The Balaban J connectivity index is 1.61. The smallest absolute Gasteiger partial charge is 0.291 e. The van der Waals surface area contributed by atoms with Gasteiger partial charge in [0.25, 0.3) is 11.5 Å². The van der Waals surface area contributed by atoms with Crippen LogP contribution in [0.3, 0.4) is 0 Å². The summed E-state index contributed by atoms with van der Waals surface area (Å²) < 4.78 is 6.81. The van der Waals surface area contributed by atoms with Gasteiger partial charge in [-0.15, -0.1) is 0 Å². The number of hydrogen-bond donors (Lipinski definition) is 3. The summed E-state index contributed by atoms with van der Waals surface area (Å²) in [6, 6.07) is 8.97. The zero-order valence-electron chi connectivity index (χ0n) is 19.1. The maximum atomic E-state index is 13.7. The second kappa shape index (κ2) is 8.52. The van der Waals surface area contributed by atoms with Gasteiger partial charge >= 0.3 is 0 Å². The van der Waals surface area contributed by atoms with E-state index in [9.17, 15) is 9.59 Å². The van der Waals surface area contributed by atoms with Crippen LogP contribution in [0.1, 0.15) is 41.3 Å². The summed E-state index contributed by atoms with van der Waals surface area (Å²) in [6.07, 6.45) is 2.06. The molecule has 0 spiro atoms. The number of halogens is 1. The van der Waals surface area contributed by atoms with Crippen LogP contribution >= 0.6 is 11.6 Å². The van der Waals surface area contributed by atoms with E-state index in [1.165, 1.54) is 4.57 Å². The van der Waals surface area contributed by atoms with Gasteiger partial charge < -0.3 is 14.6 Å². The molecule has 2 aromatic carbocycles. The molecule has 9 heteroatoms. The second-order valence-corrected chi connectivity index (χ2v) is 9.53. The minimum Gasteiger partial charge on any atom is -0.381 e. The van der Waals surface area contributed by atoms with Gasteiger partial charge in [-0.25, -0.2) is 0 Å². The van der Waals surface area contributed by atoms with Crippen LogP contribution < -0.4 is 15.9 Å². The van der Waals surface area contributed by atoms with E-state index in [4.69, 9.17) is 27.2 Å². The first-order chi connectivity index (χ1) is 16.3. The summed E-state index contributed by atoms with van der Waals surface area (Å²) in [5, 5.41) is 17.8. The first-order valence-corrected chi connectivity index (χ1v) is 11.8. The Bertz CT molecular complexity index is 1450. The van der Waals surface area contributed by atoms with Crippen LogP contribution in [-0.4, -0.2) is 40.5 Å². The highest BCUT2D eigenvalue weighted by Gasteiger charge is 2.33. The third kappa shape index (κ3) is 3.67. The van der Waals surface area contributed by atoms with E-state index in [1.54, 1.807) is 23.1 Å². The Labute approximate surface area is 201 Å². The Hall–Kier alpha value is -3.23. The molecule has 0 aliphatic carbocycles. The molecule has 1 atom stereocenters. The average Bonchev–Trinajstić information content (AvgIpc) is 3.14. The fourth-order valence-electron chi connectivity index (χ4n) is 5.05. The topological polar surface area (TPSA) is 115 Å². The van der Waals surface area contributed by atoms with E-state index in [-0.39, 0.29) is 29.2 Å². The number of anilines is 1. The Kier molecular flexibility index (Phi) is 5.65. The van der Waals surface area contributed by atoms with E-state index < -0.39 is 5.56 Å². The SMILES string of the molecule is Cc1cc2c(cc1C(=O)N1c3ccc(Cl)cc3CC1C)[nH]c(=O)c(=N)n2C(=N)C1CCOCC1. The van der Waals surface area contributed by atoms with Crippen molar-refractivity contribution >= 4 is 40.1 Å². The molecule has 2 aliphatic rings. The number of rotatable bonds is 2. The molecule has 1 unspecified atom stereocenters. The summed E-state index contributed by atoms with van der Waals surface area (Å²) in [7, 11) is 0. The highest BCUT2D eigenvalue weighted by Crippen LogP contribution is 2.35. The number of nitrogens with zero attached hydrogens (tertiary/aromatic N) is 2. The monoisotopic (exact) mass is 479 g/mol. The molecule has 1 fully saturated rings. The minimum absolute atomic E-state index is 0.0302. The minimum atomic E-state index is -0.596. The van der Waals surface area contributed by atoms with Gasteiger partial charge in [0, 0.05) is 41.4 Å². The van der Waals surface area contributed by atoms with Crippen molar-refractivity contribution in [1.29, 1.82) is 10.8 Å². The molecular weight excluding hydrogens is 454 g/mol. The number of carbonyl (C=O) groups excluding carboxylic acids is 1. The quantitative estimate of drug-likeness (QED) is 0.385. The molecule has 5 rings (SSSR count). The normalized spacial score (nSPS) is 18.3. The molecule has 8 nitrogen and oxygen atoms in total. The van der Waals surface area contributed by atoms with Gasteiger partial charge in [0.2, 0.25) is 0 Å². The maximum absolute atomic E-state index is 13.7. The molecule has 176 valence electrons. The van der Waals surface area contributed by atoms with Crippen LogP contribution in [0.15, 0.2) is 35.1 Å². The largest absolute Gasteiger partial charge is 0.381 e. The lowest BCUT2D eigenvalue weighted by atomic mass is 9.98. The predicted molar refractivity (Wildman–Crippen MR) is 131 cm³/mol. The van der Waals surface area contributed by atoms with Gasteiger partial charge in [0.15, 0.2) is 5.49 Å². The molecule has 0 bridgehead atoms. The highest BCUT2D eigenvalue weighted by molar-refractivity contribution is 6.30. The number of amides is 1. The van der Waals surface area contributed by atoms with Crippen LogP contribution in [-0.2, 0) is 11.2 Å². The molecule has 3 aromatic rings. The van der Waals surface area contributed by atoms with Gasteiger partial charge in [-0.05, 0) is 74.6 Å². The molecule has 1 amide bonds. The fourth-order valence-corrected chi connectivity index (χ4v) is 5.25. The van der Waals surface area contributed by atoms with Gasteiger partial charge in [0.05, 0.1) is 11.0 Å². The number of ether oxygens (including phenoxy) is 1. The summed E-state index contributed by atoms with van der Waals surface area (Å²) in [5.41, 5.74) is 3.13. The number of fused-ring (bicyclic) bond motifs is 2. The van der Waals surface area contributed by atoms with Crippen LogP contribution in [0.5, 0.6) is 0 Å². The Morgan fingerprint density at radius 1 is 1.21 bits per heavy atom. The lowest BCUT2D eigenvalue weighted by Crippen LogP contribution is -2.43. The summed E-state index contributed by atoms with van der Waals surface area (Å²) in [5.74, 6) is -0.0417. The van der Waals surface area contributed by atoms with Crippen molar-refractivity contribution in [1.82, 2.24) is 9.55 Å². The average molecular weight is 480 g/mol. The van der Waals surface area contributed by atoms with Crippen molar-refractivity contribution in [2.45, 2.75) is 39.2 Å². The first-order valence-electron chi connectivity index (χ1n) is 11.4. The number of nitrogens with one attached hydrogen (secondary N) is 3. The molecule has 3 heterocycles. The molecule has 0 radical (unpaired) electrons. The summed E-state index contributed by atoms with van der Waals surface area (Å²) in [4.78, 5) is 30.8. The van der Waals surface area contributed by atoms with Gasteiger partial charge in [0.1, 0.15) is 5.84 Å². The van der Waals surface area contributed by atoms with Gasteiger partial charge in [-0.1, -0.05) is 11.6 Å². The van der Waals surface area contributed by atoms with Crippen molar-refractivity contribution in [3.05, 3.63) is 67.9 Å². The molecular formula is C25H26ClN5O3. The number of carbonyl (C=O) groups is 1. The lowest BCUT2D eigenvalue weighted by Gasteiger charge is -2.26. The van der Waals surface area contributed by atoms with E-state index >= 15 is 0 Å². The lowest BCUT2D eigenvalue weighted by molar-refractivity contribution is 0.0819. The third-order valence-corrected chi connectivity index (χ3v) is 7.06.